The fourth-order valence-electron chi connectivity index (χ4n) is 3.36. The van der Waals surface area contributed by atoms with Crippen LogP contribution in [0.3, 0.4) is 0 Å². The predicted octanol–water partition coefficient (Wildman–Crippen LogP) is 2.20. The molecule has 2 rings (SSSR count). The van der Waals surface area contributed by atoms with Gasteiger partial charge in [0.2, 0.25) is 5.91 Å². The number of nitrogens with one attached hydrogen (secondary N) is 1. The van der Waals surface area contributed by atoms with E-state index in [1.54, 1.807) is 0 Å². The Balaban J connectivity index is 0.00000144. The number of hydrogen-bond donors (Lipinski definition) is 1. The molecule has 0 aromatic carbocycles. The highest BCUT2D eigenvalue weighted by atomic mass is 35.5. The SMILES string of the molecule is CNCC(=O)N1CCCC1C1CCCCC1.Cl. The molecule has 17 heavy (non-hydrogen) atoms. The van der Waals surface area contributed by atoms with Crippen LogP contribution in [0.15, 0.2) is 0 Å². The zero-order valence-corrected chi connectivity index (χ0v) is 11.6. The molecule has 2 fully saturated rings. The summed E-state index contributed by atoms with van der Waals surface area (Å²) in [6, 6.07) is 0.557. The minimum Gasteiger partial charge on any atom is -0.338 e. The summed E-state index contributed by atoms with van der Waals surface area (Å²) in [4.78, 5) is 14.1. The van der Waals surface area contributed by atoms with Gasteiger partial charge in [-0.25, -0.2) is 0 Å². The van der Waals surface area contributed by atoms with E-state index in [-0.39, 0.29) is 12.4 Å². The van der Waals surface area contributed by atoms with Gasteiger partial charge >= 0.3 is 0 Å². The molecule has 4 heteroatoms. The summed E-state index contributed by atoms with van der Waals surface area (Å²) in [6.07, 6.45) is 9.26. The number of rotatable bonds is 3. The van der Waals surface area contributed by atoms with E-state index in [0.717, 1.165) is 12.5 Å². The Morgan fingerprint density at radius 1 is 1.18 bits per heavy atom. The van der Waals surface area contributed by atoms with Crippen molar-refractivity contribution >= 4 is 18.3 Å². The lowest BCUT2D eigenvalue weighted by Crippen LogP contribution is -2.44. The Kier molecular flexibility index (Phi) is 6.28. The summed E-state index contributed by atoms with van der Waals surface area (Å²) in [5.41, 5.74) is 0. The van der Waals surface area contributed by atoms with Gasteiger partial charge in [0, 0.05) is 12.6 Å². The van der Waals surface area contributed by atoms with Gasteiger partial charge in [-0.15, -0.1) is 12.4 Å². The molecule has 0 bridgehead atoms. The maximum atomic E-state index is 12.0. The Morgan fingerprint density at radius 3 is 2.53 bits per heavy atom. The van der Waals surface area contributed by atoms with E-state index in [4.69, 9.17) is 0 Å². The number of nitrogens with zero attached hydrogens (tertiary/aromatic N) is 1. The standard InChI is InChI=1S/C13H24N2O.ClH/c1-14-10-13(16)15-9-5-8-12(15)11-6-3-2-4-7-11;/h11-12,14H,2-10H2,1H3;1H. The number of carbonyl (C=O) groups excluding carboxylic acids is 1. The zero-order chi connectivity index (χ0) is 11.4. The lowest BCUT2D eigenvalue weighted by molar-refractivity contribution is -0.132. The van der Waals surface area contributed by atoms with Gasteiger partial charge in [-0.1, -0.05) is 19.3 Å². The molecule has 1 saturated carbocycles. The lowest BCUT2D eigenvalue weighted by Gasteiger charge is -2.34. The van der Waals surface area contributed by atoms with E-state index < -0.39 is 0 Å². The average molecular weight is 261 g/mol. The lowest BCUT2D eigenvalue weighted by atomic mass is 9.83. The minimum absolute atomic E-state index is 0. The first kappa shape index (κ1) is 14.8. The van der Waals surface area contributed by atoms with Gasteiger partial charge < -0.3 is 10.2 Å². The van der Waals surface area contributed by atoms with Gasteiger partial charge in [-0.2, -0.15) is 0 Å². The van der Waals surface area contributed by atoms with E-state index in [1.807, 2.05) is 7.05 Å². The van der Waals surface area contributed by atoms with Crippen LogP contribution in [0.2, 0.25) is 0 Å². The number of likely N-dealkylation sites (N-methyl/N-ethyl adjacent to an activating group) is 1. The summed E-state index contributed by atoms with van der Waals surface area (Å²) in [6.45, 7) is 1.49. The van der Waals surface area contributed by atoms with Crippen LogP contribution < -0.4 is 5.32 Å². The smallest absolute Gasteiger partial charge is 0.236 e. The Hall–Kier alpha value is -0.280. The molecule has 1 N–H and O–H groups in total. The van der Waals surface area contributed by atoms with E-state index in [2.05, 4.69) is 10.2 Å². The second-order valence-electron chi connectivity index (χ2n) is 5.23. The molecule has 2 aliphatic rings. The first-order chi connectivity index (χ1) is 7.83. The second-order valence-corrected chi connectivity index (χ2v) is 5.23. The third-order valence-corrected chi connectivity index (χ3v) is 4.14. The number of halogens is 1. The number of carbonyl (C=O) groups is 1. The monoisotopic (exact) mass is 260 g/mol. The van der Waals surface area contributed by atoms with E-state index >= 15 is 0 Å². The van der Waals surface area contributed by atoms with Gasteiger partial charge in [0.05, 0.1) is 6.54 Å². The van der Waals surface area contributed by atoms with Crippen LogP contribution in [0.4, 0.5) is 0 Å². The summed E-state index contributed by atoms with van der Waals surface area (Å²) in [5, 5.41) is 2.98. The first-order valence-electron chi connectivity index (χ1n) is 6.77. The molecule has 1 aliphatic heterocycles. The van der Waals surface area contributed by atoms with Crippen LogP contribution in [0.1, 0.15) is 44.9 Å². The molecule has 1 atom stereocenters. The zero-order valence-electron chi connectivity index (χ0n) is 10.8. The van der Waals surface area contributed by atoms with Gasteiger partial charge in [0.25, 0.3) is 0 Å². The van der Waals surface area contributed by atoms with Crippen molar-refractivity contribution in [2.45, 2.75) is 51.0 Å². The van der Waals surface area contributed by atoms with Crippen molar-refractivity contribution in [2.75, 3.05) is 20.1 Å². The van der Waals surface area contributed by atoms with Crippen LogP contribution >= 0.6 is 12.4 Å². The highest BCUT2D eigenvalue weighted by molar-refractivity contribution is 5.85. The molecule has 1 saturated heterocycles. The fraction of sp³-hybridized carbons (Fsp3) is 0.923. The van der Waals surface area contributed by atoms with Crippen molar-refractivity contribution in [3.05, 3.63) is 0 Å². The maximum absolute atomic E-state index is 12.0. The minimum atomic E-state index is 0. The van der Waals surface area contributed by atoms with Gasteiger partial charge in [0.1, 0.15) is 0 Å². The van der Waals surface area contributed by atoms with Crippen LogP contribution in [-0.2, 0) is 4.79 Å². The second kappa shape index (κ2) is 7.22. The number of amides is 1. The van der Waals surface area contributed by atoms with Crippen LogP contribution in [-0.4, -0.2) is 37.0 Å². The molecule has 0 aromatic heterocycles. The van der Waals surface area contributed by atoms with Gasteiger partial charge in [-0.3, -0.25) is 4.79 Å². The Morgan fingerprint density at radius 2 is 1.88 bits per heavy atom. The highest BCUT2D eigenvalue weighted by Gasteiger charge is 2.34. The molecule has 100 valence electrons. The third-order valence-electron chi connectivity index (χ3n) is 4.14. The molecular formula is C13H25ClN2O. The molecule has 1 unspecified atom stereocenters. The van der Waals surface area contributed by atoms with Gasteiger partial charge in [-0.05, 0) is 38.6 Å². The van der Waals surface area contributed by atoms with Crippen molar-refractivity contribution in [3.63, 3.8) is 0 Å². The number of likely N-dealkylation sites (tertiary alicyclic amines) is 1. The molecule has 0 radical (unpaired) electrons. The average Bonchev–Trinajstić information content (AvgIpc) is 2.79. The van der Waals surface area contributed by atoms with Gasteiger partial charge in [0.15, 0.2) is 0 Å². The summed E-state index contributed by atoms with van der Waals surface area (Å²) >= 11 is 0. The molecule has 1 heterocycles. The fourth-order valence-corrected chi connectivity index (χ4v) is 3.36. The molecule has 0 spiro atoms. The highest BCUT2D eigenvalue weighted by Crippen LogP contribution is 2.34. The molecule has 1 amide bonds. The Bertz CT molecular complexity index is 242. The van der Waals surface area contributed by atoms with Crippen molar-refractivity contribution in [1.82, 2.24) is 10.2 Å². The van der Waals surface area contributed by atoms with Crippen molar-refractivity contribution < 1.29 is 4.79 Å². The van der Waals surface area contributed by atoms with E-state index in [9.17, 15) is 4.79 Å². The van der Waals surface area contributed by atoms with Crippen LogP contribution in [0.5, 0.6) is 0 Å². The summed E-state index contributed by atoms with van der Waals surface area (Å²) in [5.74, 6) is 1.09. The molecular weight excluding hydrogens is 236 g/mol. The molecule has 1 aliphatic carbocycles. The molecule has 3 nitrogen and oxygen atoms in total. The molecule has 0 aromatic rings. The normalized spacial score (nSPS) is 25.7. The largest absolute Gasteiger partial charge is 0.338 e. The number of hydrogen-bond acceptors (Lipinski definition) is 2. The quantitative estimate of drug-likeness (QED) is 0.844. The van der Waals surface area contributed by atoms with E-state index in [0.29, 0.717) is 18.5 Å². The van der Waals surface area contributed by atoms with Crippen molar-refractivity contribution in [2.24, 2.45) is 5.92 Å². The third kappa shape index (κ3) is 3.59. The summed E-state index contributed by atoms with van der Waals surface area (Å²) in [7, 11) is 1.85. The van der Waals surface area contributed by atoms with Crippen molar-refractivity contribution in [1.29, 1.82) is 0 Å². The van der Waals surface area contributed by atoms with Crippen LogP contribution in [0.25, 0.3) is 0 Å². The van der Waals surface area contributed by atoms with Crippen molar-refractivity contribution in [3.8, 4) is 0 Å². The van der Waals surface area contributed by atoms with Crippen LogP contribution in [0, 0.1) is 5.92 Å². The first-order valence-corrected chi connectivity index (χ1v) is 6.77. The summed E-state index contributed by atoms with van der Waals surface area (Å²) < 4.78 is 0. The predicted molar refractivity (Wildman–Crippen MR) is 72.5 cm³/mol. The maximum Gasteiger partial charge on any atom is 0.236 e. The Labute approximate surface area is 111 Å². The van der Waals surface area contributed by atoms with E-state index in [1.165, 1.54) is 44.9 Å². The topological polar surface area (TPSA) is 32.3 Å².